The Kier molecular flexibility index (Phi) is 6.91. The molecule has 1 aliphatic carbocycles. The number of ether oxygens (including phenoxy) is 1. The first-order valence-electron chi connectivity index (χ1n) is 10.8. The quantitative estimate of drug-likeness (QED) is 0.460. The van der Waals surface area contributed by atoms with Crippen LogP contribution in [0, 0.1) is 29.1 Å². The summed E-state index contributed by atoms with van der Waals surface area (Å²) in [6.07, 6.45) is 6.14. The van der Waals surface area contributed by atoms with E-state index < -0.39 is 0 Å². The van der Waals surface area contributed by atoms with Crippen molar-refractivity contribution < 1.29 is 9.53 Å². The molecule has 0 bridgehead atoms. The molecule has 0 saturated heterocycles. The second kappa shape index (κ2) is 9.06. The summed E-state index contributed by atoms with van der Waals surface area (Å²) in [6, 6.07) is 2.14. The third kappa shape index (κ3) is 5.53. The molecule has 158 valence electrons. The molecule has 2 heterocycles. The number of carbonyl (C=O) groups is 1. The average Bonchev–Trinajstić information content (AvgIpc) is 3.10. The molecular weight excluding hydrogens is 378 g/mol. The number of esters is 1. The molecule has 1 aliphatic heterocycles. The van der Waals surface area contributed by atoms with E-state index in [1.165, 1.54) is 49.7 Å². The zero-order chi connectivity index (χ0) is 21.2. The van der Waals surface area contributed by atoms with Crippen molar-refractivity contribution >= 4 is 22.9 Å². The van der Waals surface area contributed by atoms with Crippen LogP contribution in [-0.2, 0) is 4.74 Å². The van der Waals surface area contributed by atoms with Gasteiger partial charge in [0.05, 0.1) is 12.0 Å². The zero-order valence-electron chi connectivity index (χ0n) is 18.9. The first-order valence-corrected chi connectivity index (χ1v) is 11.7. The van der Waals surface area contributed by atoms with Crippen LogP contribution >= 0.6 is 11.3 Å². The highest BCUT2D eigenvalue weighted by Crippen LogP contribution is 2.41. The highest BCUT2D eigenvalue weighted by Gasteiger charge is 2.30. The molecule has 0 aromatic carbocycles. The largest absolute Gasteiger partial charge is 0.465 e. The molecule has 0 amide bonds. The molecule has 0 unspecified atom stereocenters. The second-order valence-electron chi connectivity index (χ2n) is 9.79. The van der Waals surface area contributed by atoms with Crippen LogP contribution in [0.1, 0.15) is 79.9 Å². The first-order chi connectivity index (χ1) is 13.7. The number of nitrogens with zero attached hydrogens (tertiary/aromatic N) is 1. The van der Waals surface area contributed by atoms with E-state index >= 15 is 0 Å². The summed E-state index contributed by atoms with van der Waals surface area (Å²) < 4.78 is 5.13. The fraction of sp³-hybridized carbons (Fsp3) is 0.640. The maximum Gasteiger partial charge on any atom is 0.348 e. The van der Waals surface area contributed by atoms with E-state index in [2.05, 4.69) is 57.5 Å². The van der Waals surface area contributed by atoms with Crippen molar-refractivity contribution in [3.05, 3.63) is 27.0 Å². The van der Waals surface area contributed by atoms with Crippen molar-refractivity contribution in [2.24, 2.45) is 17.3 Å². The van der Waals surface area contributed by atoms with Crippen LogP contribution in [0.4, 0.5) is 0 Å². The number of rotatable bonds is 3. The van der Waals surface area contributed by atoms with Gasteiger partial charge in [0, 0.05) is 24.1 Å². The van der Waals surface area contributed by atoms with Gasteiger partial charge in [-0.2, -0.15) is 0 Å². The number of hydrogen-bond donors (Lipinski definition) is 0. The van der Waals surface area contributed by atoms with Gasteiger partial charge in [0.15, 0.2) is 0 Å². The Morgan fingerprint density at radius 3 is 2.55 bits per heavy atom. The first kappa shape index (κ1) is 22.1. The molecule has 0 atom stereocenters. The smallest absolute Gasteiger partial charge is 0.348 e. The van der Waals surface area contributed by atoms with Crippen LogP contribution in [-0.4, -0.2) is 38.1 Å². The number of methoxy groups -OCH3 is 1. The Hall–Kier alpha value is -1.57. The second-order valence-corrected chi connectivity index (χ2v) is 10.8. The Bertz CT molecular complexity index is 838. The molecule has 1 saturated carbocycles. The van der Waals surface area contributed by atoms with E-state index in [1.807, 2.05) is 0 Å². The van der Waals surface area contributed by atoms with E-state index in [4.69, 9.17) is 4.74 Å². The lowest BCUT2D eigenvalue weighted by molar-refractivity contribution is 0.0606. The van der Waals surface area contributed by atoms with Gasteiger partial charge in [-0.15, -0.1) is 11.3 Å². The van der Waals surface area contributed by atoms with Gasteiger partial charge in [0.25, 0.3) is 0 Å². The van der Waals surface area contributed by atoms with Gasteiger partial charge >= 0.3 is 5.97 Å². The summed E-state index contributed by atoms with van der Waals surface area (Å²) in [5.41, 5.74) is 3.93. The molecule has 1 fully saturated rings. The zero-order valence-corrected chi connectivity index (χ0v) is 19.7. The topological polar surface area (TPSA) is 29.5 Å². The van der Waals surface area contributed by atoms with Crippen LogP contribution in [0.5, 0.6) is 0 Å². The van der Waals surface area contributed by atoms with Crippen molar-refractivity contribution in [3.63, 3.8) is 0 Å². The minimum Gasteiger partial charge on any atom is -0.465 e. The maximum atomic E-state index is 12.6. The van der Waals surface area contributed by atoms with Crippen LogP contribution in [0.15, 0.2) is 11.6 Å². The molecule has 0 spiro atoms. The van der Waals surface area contributed by atoms with Gasteiger partial charge in [0.1, 0.15) is 4.88 Å². The molecule has 2 aliphatic rings. The predicted molar refractivity (Wildman–Crippen MR) is 122 cm³/mol. The van der Waals surface area contributed by atoms with E-state index in [9.17, 15) is 4.79 Å². The SMILES string of the molecule is COC(=O)c1sc(C#CC(C)(C)C)cc1C1=C(C2CCC(C)CC2)CN(C)CC1. The van der Waals surface area contributed by atoms with E-state index in [1.54, 1.807) is 5.57 Å². The number of thiophene rings is 1. The van der Waals surface area contributed by atoms with Crippen LogP contribution in [0.3, 0.4) is 0 Å². The Morgan fingerprint density at radius 2 is 1.93 bits per heavy atom. The Balaban J connectivity index is 2.06. The van der Waals surface area contributed by atoms with Crippen molar-refractivity contribution in [1.82, 2.24) is 4.90 Å². The van der Waals surface area contributed by atoms with Crippen molar-refractivity contribution in [3.8, 4) is 11.8 Å². The fourth-order valence-corrected chi connectivity index (χ4v) is 5.35. The molecule has 3 nitrogen and oxygen atoms in total. The molecule has 1 aromatic rings. The van der Waals surface area contributed by atoms with E-state index in [0.717, 1.165) is 35.9 Å². The van der Waals surface area contributed by atoms with Crippen molar-refractivity contribution in [2.45, 2.75) is 59.8 Å². The number of likely N-dealkylation sites (N-methyl/N-ethyl adjacent to an activating group) is 1. The lowest BCUT2D eigenvalue weighted by Gasteiger charge is -2.35. The highest BCUT2D eigenvalue weighted by atomic mass is 32.1. The summed E-state index contributed by atoms with van der Waals surface area (Å²) in [7, 11) is 3.68. The van der Waals surface area contributed by atoms with Gasteiger partial charge in [-0.1, -0.05) is 31.6 Å². The highest BCUT2D eigenvalue weighted by molar-refractivity contribution is 7.14. The van der Waals surface area contributed by atoms with Crippen LogP contribution in [0.2, 0.25) is 0 Å². The minimum absolute atomic E-state index is 0.0631. The fourth-order valence-electron chi connectivity index (χ4n) is 4.39. The molecule has 1 aromatic heterocycles. The lowest BCUT2D eigenvalue weighted by Crippen LogP contribution is -2.31. The van der Waals surface area contributed by atoms with E-state index in [0.29, 0.717) is 10.8 Å². The van der Waals surface area contributed by atoms with E-state index in [-0.39, 0.29) is 11.4 Å². The molecular formula is C25H35NO2S. The minimum atomic E-state index is -0.239. The maximum absolute atomic E-state index is 12.6. The van der Waals surface area contributed by atoms with Gasteiger partial charge < -0.3 is 9.64 Å². The molecule has 29 heavy (non-hydrogen) atoms. The van der Waals surface area contributed by atoms with Crippen molar-refractivity contribution in [2.75, 3.05) is 27.2 Å². The molecule has 0 radical (unpaired) electrons. The Morgan fingerprint density at radius 1 is 1.24 bits per heavy atom. The lowest BCUT2D eigenvalue weighted by atomic mass is 9.75. The Labute approximate surface area is 180 Å². The molecule has 0 N–H and O–H groups in total. The van der Waals surface area contributed by atoms with Gasteiger partial charge in [-0.05, 0) is 76.1 Å². The molecule has 4 heteroatoms. The van der Waals surface area contributed by atoms with Crippen molar-refractivity contribution in [1.29, 1.82) is 0 Å². The van der Waals surface area contributed by atoms with Gasteiger partial charge in [-0.25, -0.2) is 4.79 Å². The summed E-state index contributed by atoms with van der Waals surface area (Å²) in [4.78, 5) is 16.7. The molecule has 3 rings (SSSR count). The monoisotopic (exact) mass is 413 g/mol. The predicted octanol–water partition coefficient (Wildman–Crippen LogP) is 5.85. The van der Waals surface area contributed by atoms with Gasteiger partial charge in [-0.3, -0.25) is 0 Å². The number of carbonyl (C=O) groups excluding carboxylic acids is 1. The van der Waals surface area contributed by atoms with Gasteiger partial charge in [0.2, 0.25) is 0 Å². The third-order valence-corrected chi connectivity index (χ3v) is 7.10. The standard InChI is InChI=1S/C25H35NO2S/c1-17-7-9-18(10-8-17)22-16-26(5)14-12-20(22)21-15-19(11-13-25(2,3)4)29-23(21)24(27)28-6/h15,17-18H,7-10,12,14,16H2,1-6H3. The van der Waals surface area contributed by atoms with Crippen LogP contribution < -0.4 is 0 Å². The summed E-state index contributed by atoms with van der Waals surface area (Å²) in [5, 5.41) is 0. The normalized spacial score (nSPS) is 23.5. The van der Waals surface area contributed by atoms with Crippen LogP contribution in [0.25, 0.3) is 5.57 Å². The summed E-state index contributed by atoms with van der Waals surface area (Å²) >= 11 is 1.48. The number of hydrogen-bond acceptors (Lipinski definition) is 4. The average molecular weight is 414 g/mol. The third-order valence-electron chi connectivity index (χ3n) is 6.07. The summed E-state index contributed by atoms with van der Waals surface area (Å²) in [6.45, 7) is 10.7. The summed E-state index contributed by atoms with van der Waals surface area (Å²) in [5.74, 6) is 7.84.